The van der Waals surface area contributed by atoms with E-state index in [9.17, 15) is 27.6 Å². The maximum atomic E-state index is 12.3. The zero-order chi connectivity index (χ0) is 33.4. The lowest BCUT2D eigenvalue weighted by atomic mass is 10.1. The van der Waals surface area contributed by atoms with Crippen molar-refractivity contribution in [3.8, 4) is 0 Å². The summed E-state index contributed by atoms with van der Waals surface area (Å²) < 4.78 is 30.5. The Balaban J connectivity index is 0.000000284. The molecule has 3 aromatic carbocycles. The van der Waals surface area contributed by atoms with Gasteiger partial charge in [0.05, 0.1) is 10.9 Å². The molecule has 4 aromatic rings. The van der Waals surface area contributed by atoms with E-state index in [4.69, 9.17) is 20.5 Å². The molecular formula is C29H31N7O9S. The van der Waals surface area contributed by atoms with Crippen LogP contribution in [0.1, 0.15) is 23.2 Å². The van der Waals surface area contributed by atoms with Crippen molar-refractivity contribution >= 4 is 61.9 Å². The number of amides is 1. The van der Waals surface area contributed by atoms with Gasteiger partial charge in [0.25, 0.3) is 21.6 Å². The van der Waals surface area contributed by atoms with Crippen LogP contribution in [0.3, 0.4) is 0 Å². The third-order valence-electron chi connectivity index (χ3n) is 6.77. The first-order valence-electron chi connectivity index (χ1n) is 13.8. The van der Waals surface area contributed by atoms with Gasteiger partial charge in [-0.1, -0.05) is 30.3 Å². The van der Waals surface area contributed by atoms with Crippen LogP contribution in [0.5, 0.6) is 0 Å². The lowest BCUT2D eigenvalue weighted by molar-refractivity contribution is -0.140. The van der Waals surface area contributed by atoms with Crippen LogP contribution in [0.25, 0.3) is 10.8 Å². The number of nitrogens with two attached hydrogens (primary N) is 1. The molecule has 0 fully saturated rings. The molecule has 0 spiro atoms. The average Bonchev–Trinajstić information content (AvgIpc) is 3.01. The number of carboxylic acids is 2. The summed E-state index contributed by atoms with van der Waals surface area (Å²) >= 11 is 0. The van der Waals surface area contributed by atoms with Gasteiger partial charge in [-0.3, -0.25) is 23.9 Å². The molecule has 1 aliphatic heterocycles. The van der Waals surface area contributed by atoms with Crippen molar-refractivity contribution in [2.75, 3.05) is 34.8 Å². The Bertz CT molecular complexity index is 1910. The number of hydrogen-bond donors (Lipinski definition) is 9. The van der Waals surface area contributed by atoms with Crippen LogP contribution in [0, 0.1) is 0 Å². The Morgan fingerprint density at radius 1 is 1.02 bits per heavy atom. The maximum absolute atomic E-state index is 12.3. The Hall–Kier alpha value is -5.68. The monoisotopic (exact) mass is 653 g/mol. The molecule has 1 aliphatic rings. The van der Waals surface area contributed by atoms with E-state index in [1.165, 1.54) is 24.3 Å². The number of carboxylic acid groups (broad SMARTS) is 2. The van der Waals surface area contributed by atoms with E-state index in [2.05, 4.69) is 31.2 Å². The molecule has 1 amide bonds. The number of aromatic amines is 1. The number of benzene rings is 3. The molecule has 0 radical (unpaired) electrons. The van der Waals surface area contributed by atoms with E-state index in [1.54, 1.807) is 24.3 Å². The number of carbonyl (C=O) groups excluding carboxylic acids is 1. The zero-order valence-electron chi connectivity index (χ0n) is 24.1. The van der Waals surface area contributed by atoms with E-state index < -0.39 is 34.0 Å². The lowest BCUT2D eigenvalue weighted by Gasteiger charge is -2.27. The first-order chi connectivity index (χ1) is 21.8. The highest BCUT2D eigenvalue weighted by molar-refractivity contribution is 7.85. The van der Waals surface area contributed by atoms with Crippen LogP contribution in [-0.4, -0.2) is 76.2 Å². The summed E-state index contributed by atoms with van der Waals surface area (Å²) in [4.78, 5) is 52.5. The van der Waals surface area contributed by atoms with Gasteiger partial charge in [-0.25, -0.2) is 4.79 Å². The molecule has 17 heteroatoms. The van der Waals surface area contributed by atoms with Gasteiger partial charge in [0.2, 0.25) is 5.95 Å². The summed E-state index contributed by atoms with van der Waals surface area (Å²) in [5.74, 6) is -2.64. The first kappa shape index (κ1) is 33.2. The van der Waals surface area contributed by atoms with Crippen molar-refractivity contribution in [3.63, 3.8) is 0 Å². The van der Waals surface area contributed by atoms with Crippen LogP contribution in [0.15, 0.2) is 76.4 Å². The third-order valence-corrected chi connectivity index (χ3v) is 7.62. The van der Waals surface area contributed by atoms with Gasteiger partial charge in [-0.2, -0.15) is 13.4 Å². The predicted molar refractivity (Wildman–Crippen MR) is 170 cm³/mol. The average molecular weight is 654 g/mol. The topological polar surface area (TPSA) is 266 Å². The normalized spacial score (nSPS) is 14.3. The molecule has 2 atom stereocenters. The number of nitrogens with one attached hydrogen (secondary N) is 5. The van der Waals surface area contributed by atoms with E-state index in [-0.39, 0.29) is 40.9 Å². The Kier molecular flexibility index (Phi) is 10.4. The fourth-order valence-electron chi connectivity index (χ4n) is 4.43. The van der Waals surface area contributed by atoms with Crippen LogP contribution in [0.2, 0.25) is 0 Å². The van der Waals surface area contributed by atoms with Gasteiger partial charge < -0.3 is 37.2 Å². The smallest absolute Gasteiger partial charge is 0.326 e. The van der Waals surface area contributed by atoms with E-state index >= 15 is 0 Å². The molecule has 16 nitrogen and oxygen atoms in total. The number of rotatable bonds is 10. The molecule has 0 saturated heterocycles. The van der Waals surface area contributed by atoms with Crippen LogP contribution in [0.4, 0.5) is 23.1 Å². The van der Waals surface area contributed by atoms with Crippen LogP contribution >= 0.6 is 0 Å². The molecule has 5 rings (SSSR count). The van der Waals surface area contributed by atoms with Gasteiger partial charge in [-0.15, -0.1) is 0 Å². The summed E-state index contributed by atoms with van der Waals surface area (Å²) in [6.45, 7) is 0.960. The lowest BCUT2D eigenvalue weighted by Crippen LogP contribution is -2.41. The molecule has 0 saturated carbocycles. The SMILES string of the molecule is Nc1nc2c(c(=O)[nH]1)N[C@@H](CNc1ccc(C(=O)N[C@@H](CCC(=O)O)C(=O)O)cc1)CN2.O=S(=O)(O)c1ccc2ccccc2c1. The van der Waals surface area contributed by atoms with Crippen LogP contribution < -0.4 is 32.6 Å². The Morgan fingerprint density at radius 3 is 2.37 bits per heavy atom. The zero-order valence-corrected chi connectivity index (χ0v) is 24.9. The molecule has 46 heavy (non-hydrogen) atoms. The largest absolute Gasteiger partial charge is 0.481 e. The minimum absolute atomic E-state index is 0.0281. The molecule has 1 aromatic heterocycles. The van der Waals surface area contributed by atoms with Gasteiger partial charge in [-0.05, 0) is 53.6 Å². The van der Waals surface area contributed by atoms with E-state index in [1.807, 2.05) is 18.2 Å². The van der Waals surface area contributed by atoms with E-state index in [0.717, 1.165) is 10.8 Å². The summed E-state index contributed by atoms with van der Waals surface area (Å²) in [7, 11) is -4.09. The summed E-state index contributed by atoms with van der Waals surface area (Å²) in [5.41, 5.74) is 6.40. The van der Waals surface area contributed by atoms with Crippen molar-refractivity contribution in [3.05, 3.63) is 82.6 Å². The number of aromatic nitrogens is 2. The van der Waals surface area contributed by atoms with Crippen molar-refractivity contribution in [2.45, 2.75) is 29.8 Å². The number of fused-ring (bicyclic) bond motifs is 2. The fraction of sp³-hybridized carbons (Fsp3) is 0.207. The second-order valence-electron chi connectivity index (χ2n) is 10.1. The summed E-state index contributed by atoms with van der Waals surface area (Å²) in [6, 6.07) is 16.8. The van der Waals surface area contributed by atoms with E-state index in [0.29, 0.717) is 30.3 Å². The Morgan fingerprint density at radius 2 is 1.72 bits per heavy atom. The highest BCUT2D eigenvalue weighted by atomic mass is 32.2. The minimum Gasteiger partial charge on any atom is -0.481 e. The summed E-state index contributed by atoms with van der Waals surface area (Å²) in [6.07, 6.45) is -0.587. The van der Waals surface area contributed by atoms with Gasteiger partial charge in [0.1, 0.15) is 11.7 Å². The molecule has 242 valence electrons. The Labute approximate surface area is 261 Å². The maximum Gasteiger partial charge on any atom is 0.326 e. The van der Waals surface area contributed by atoms with Gasteiger partial charge in [0.15, 0.2) is 5.82 Å². The fourth-order valence-corrected chi connectivity index (χ4v) is 4.94. The molecular weight excluding hydrogens is 622 g/mol. The minimum atomic E-state index is -4.09. The molecule has 2 heterocycles. The number of hydrogen-bond acceptors (Lipinski definition) is 11. The van der Waals surface area contributed by atoms with Crippen molar-refractivity contribution < 1.29 is 37.6 Å². The second-order valence-corrected chi connectivity index (χ2v) is 11.6. The number of carbonyl (C=O) groups is 3. The highest BCUT2D eigenvalue weighted by Crippen LogP contribution is 2.21. The first-order valence-corrected chi connectivity index (χ1v) is 15.2. The number of nitrogen functional groups attached to an aromatic ring is 1. The number of anilines is 4. The highest BCUT2D eigenvalue weighted by Gasteiger charge is 2.23. The molecule has 0 unspecified atom stereocenters. The van der Waals surface area contributed by atoms with Gasteiger partial charge in [0, 0.05) is 30.8 Å². The molecule has 10 N–H and O–H groups in total. The summed E-state index contributed by atoms with van der Waals surface area (Å²) in [5, 5.41) is 31.2. The number of H-pyrrole nitrogens is 1. The number of nitrogens with zero attached hydrogens (tertiary/aromatic N) is 1. The second kappa shape index (κ2) is 14.4. The third kappa shape index (κ3) is 8.93. The van der Waals surface area contributed by atoms with Crippen molar-refractivity contribution in [2.24, 2.45) is 0 Å². The van der Waals surface area contributed by atoms with Crippen molar-refractivity contribution in [1.82, 2.24) is 15.3 Å². The van der Waals surface area contributed by atoms with Gasteiger partial charge >= 0.3 is 11.9 Å². The van der Waals surface area contributed by atoms with Crippen molar-refractivity contribution in [1.29, 1.82) is 0 Å². The van der Waals surface area contributed by atoms with Crippen LogP contribution in [-0.2, 0) is 19.7 Å². The standard InChI is InChI=1S/C19H23N7O6.C10H8O3S/c20-19-25-15-14(17(30)26-19)23-11(8-22-15)7-21-10-3-1-9(2-4-10)16(29)24-12(18(31)32)5-6-13(27)28;11-14(12,13)10-6-5-8-3-1-2-4-9(8)7-10/h1-4,11-12,21,23H,5-8H2,(H,24,29)(H,27,28)(H,31,32)(H4,20,22,25,26,30);1-7H,(H,11,12,13)/t11-,12-;/m0./s1. The number of aliphatic carboxylic acids is 2. The molecule has 0 bridgehead atoms. The predicted octanol–water partition coefficient (Wildman–Crippen LogP) is 1.80. The molecule has 0 aliphatic carbocycles. The quantitative estimate of drug-likeness (QED) is 0.111.